The fourth-order valence-electron chi connectivity index (χ4n) is 4.43. The molecule has 0 bridgehead atoms. The highest BCUT2D eigenvalue weighted by molar-refractivity contribution is 7.09. The monoisotopic (exact) mass is 418 g/mol. The van der Waals surface area contributed by atoms with E-state index < -0.39 is 0 Å². The van der Waals surface area contributed by atoms with Crippen LogP contribution in [0.3, 0.4) is 0 Å². The van der Waals surface area contributed by atoms with E-state index in [9.17, 15) is 4.79 Å². The van der Waals surface area contributed by atoms with Crippen LogP contribution in [0.1, 0.15) is 36.2 Å². The molecule has 2 fully saturated rings. The third-order valence-electron chi connectivity index (χ3n) is 6.18. The van der Waals surface area contributed by atoms with E-state index >= 15 is 0 Å². The molecular formula is C24H26N4OS. The zero-order valence-corrected chi connectivity index (χ0v) is 18.0. The van der Waals surface area contributed by atoms with Crippen LogP contribution in [-0.2, 0) is 11.2 Å². The molecule has 154 valence electrons. The molecule has 3 atom stereocenters. The molecule has 2 aliphatic rings. The summed E-state index contributed by atoms with van der Waals surface area (Å²) in [5, 5.41) is 0.966. The molecule has 1 aliphatic carbocycles. The third-order valence-corrected chi connectivity index (χ3v) is 6.99. The quantitative estimate of drug-likeness (QED) is 0.629. The van der Waals surface area contributed by atoms with Crippen LogP contribution in [0.2, 0.25) is 0 Å². The Labute approximate surface area is 181 Å². The van der Waals surface area contributed by atoms with Gasteiger partial charge in [0.05, 0.1) is 0 Å². The number of amides is 1. The number of nitrogens with zero attached hydrogens (tertiary/aromatic N) is 4. The first-order valence-corrected chi connectivity index (χ1v) is 11.4. The Morgan fingerprint density at radius 3 is 2.53 bits per heavy atom. The molecule has 1 aromatic heterocycles. The van der Waals surface area contributed by atoms with E-state index in [-0.39, 0.29) is 12.0 Å². The van der Waals surface area contributed by atoms with Gasteiger partial charge in [-0.05, 0) is 30.4 Å². The molecular weight excluding hydrogens is 392 g/mol. The van der Waals surface area contributed by atoms with E-state index in [1.165, 1.54) is 22.7 Å². The van der Waals surface area contributed by atoms with Crippen molar-refractivity contribution in [2.24, 2.45) is 5.92 Å². The van der Waals surface area contributed by atoms with Crippen LogP contribution >= 0.6 is 11.5 Å². The van der Waals surface area contributed by atoms with Crippen LogP contribution in [0.5, 0.6) is 0 Å². The molecule has 5 nitrogen and oxygen atoms in total. The van der Waals surface area contributed by atoms with E-state index in [0.717, 1.165) is 43.4 Å². The zero-order chi connectivity index (χ0) is 20.5. The van der Waals surface area contributed by atoms with E-state index in [0.29, 0.717) is 11.8 Å². The van der Waals surface area contributed by atoms with Crippen LogP contribution in [0.25, 0.3) is 0 Å². The molecule has 0 unspecified atom stereocenters. The Hall–Kier alpha value is -2.73. The molecule has 0 spiro atoms. The molecule has 2 aromatic carbocycles. The van der Waals surface area contributed by atoms with Crippen molar-refractivity contribution in [1.82, 2.24) is 14.3 Å². The summed E-state index contributed by atoms with van der Waals surface area (Å²) >= 11 is 1.46. The lowest BCUT2D eigenvalue weighted by molar-refractivity contribution is -0.135. The molecule has 6 heteroatoms. The van der Waals surface area contributed by atoms with Gasteiger partial charge in [0.25, 0.3) is 0 Å². The van der Waals surface area contributed by atoms with Gasteiger partial charge in [0.15, 0.2) is 0 Å². The maximum Gasteiger partial charge on any atom is 0.226 e. The second-order valence-electron chi connectivity index (χ2n) is 8.34. The predicted octanol–water partition coefficient (Wildman–Crippen LogP) is 3.97. The van der Waals surface area contributed by atoms with Crippen LogP contribution < -0.4 is 4.90 Å². The summed E-state index contributed by atoms with van der Waals surface area (Å²) < 4.78 is 4.56. The van der Waals surface area contributed by atoms with Crippen molar-refractivity contribution < 1.29 is 4.79 Å². The number of benzene rings is 2. The summed E-state index contributed by atoms with van der Waals surface area (Å²) in [6.45, 7) is 4.54. The molecule has 1 amide bonds. The smallest absolute Gasteiger partial charge is 0.226 e. The number of anilines is 1. The standard InChI is InChI=1S/C24H26N4OS/c1-17-16-27(24-25-22(26-30-24)14-18-8-4-2-5-9-18)12-13-28(17)23(29)21-15-20(21)19-10-6-3-7-11-19/h2-11,17,20-21H,12-16H2,1H3/t17-,20+,21-/m1/s1. The molecule has 30 heavy (non-hydrogen) atoms. The summed E-state index contributed by atoms with van der Waals surface area (Å²) in [6, 6.07) is 20.9. The summed E-state index contributed by atoms with van der Waals surface area (Å²) in [7, 11) is 0. The van der Waals surface area contributed by atoms with Gasteiger partial charge in [0.1, 0.15) is 5.82 Å². The molecule has 0 radical (unpaired) electrons. The fourth-order valence-corrected chi connectivity index (χ4v) is 5.15. The van der Waals surface area contributed by atoms with Crippen molar-refractivity contribution in [3.05, 3.63) is 77.6 Å². The third kappa shape index (κ3) is 3.97. The number of carbonyl (C=O) groups excluding carboxylic acids is 1. The van der Waals surface area contributed by atoms with Gasteiger partial charge in [0.2, 0.25) is 11.0 Å². The number of rotatable bonds is 5. The normalized spacial score (nSPS) is 23.4. The van der Waals surface area contributed by atoms with Crippen molar-refractivity contribution in [1.29, 1.82) is 0 Å². The average Bonchev–Trinajstić information content (AvgIpc) is 3.46. The van der Waals surface area contributed by atoms with E-state index in [1.54, 1.807) is 0 Å². The Morgan fingerprint density at radius 1 is 1.07 bits per heavy atom. The van der Waals surface area contributed by atoms with Gasteiger partial charge in [-0.25, -0.2) is 4.98 Å². The highest BCUT2D eigenvalue weighted by atomic mass is 32.1. The lowest BCUT2D eigenvalue weighted by Gasteiger charge is -2.39. The zero-order valence-electron chi connectivity index (χ0n) is 17.1. The first kappa shape index (κ1) is 19.2. The first-order valence-electron chi connectivity index (χ1n) is 10.7. The fraction of sp³-hybridized carbons (Fsp3) is 0.375. The topological polar surface area (TPSA) is 49.3 Å². The molecule has 0 N–H and O–H groups in total. The number of hydrogen-bond acceptors (Lipinski definition) is 5. The summed E-state index contributed by atoms with van der Waals surface area (Å²) in [5.74, 6) is 1.74. The summed E-state index contributed by atoms with van der Waals surface area (Å²) in [4.78, 5) is 22.2. The number of aromatic nitrogens is 2. The highest BCUT2D eigenvalue weighted by Crippen LogP contribution is 2.48. The van der Waals surface area contributed by atoms with Crippen molar-refractivity contribution in [3.8, 4) is 0 Å². The van der Waals surface area contributed by atoms with E-state index in [1.807, 2.05) is 24.3 Å². The number of hydrogen-bond donors (Lipinski definition) is 0. The minimum absolute atomic E-state index is 0.153. The second-order valence-corrected chi connectivity index (χ2v) is 9.07. The highest BCUT2D eigenvalue weighted by Gasteiger charge is 2.47. The van der Waals surface area contributed by atoms with Gasteiger partial charge in [-0.2, -0.15) is 4.37 Å². The minimum atomic E-state index is 0.153. The molecule has 1 saturated carbocycles. The van der Waals surface area contributed by atoms with Crippen molar-refractivity contribution in [2.45, 2.75) is 31.7 Å². The maximum atomic E-state index is 13.1. The lowest BCUT2D eigenvalue weighted by Crippen LogP contribution is -2.54. The van der Waals surface area contributed by atoms with Gasteiger partial charge < -0.3 is 9.80 Å². The Kier molecular flexibility index (Phi) is 5.25. The van der Waals surface area contributed by atoms with E-state index in [2.05, 4.69) is 57.5 Å². The predicted molar refractivity (Wildman–Crippen MR) is 120 cm³/mol. The van der Waals surface area contributed by atoms with E-state index in [4.69, 9.17) is 4.98 Å². The minimum Gasteiger partial charge on any atom is -0.343 e. The molecule has 1 saturated heterocycles. The van der Waals surface area contributed by atoms with Gasteiger partial charge in [-0.3, -0.25) is 4.79 Å². The van der Waals surface area contributed by atoms with Crippen molar-refractivity contribution in [2.75, 3.05) is 24.5 Å². The molecule has 2 heterocycles. The van der Waals surface area contributed by atoms with Crippen LogP contribution in [0.15, 0.2) is 60.7 Å². The Balaban J connectivity index is 1.19. The van der Waals surface area contributed by atoms with Gasteiger partial charge >= 0.3 is 0 Å². The van der Waals surface area contributed by atoms with Crippen LogP contribution in [-0.4, -0.2) is 45.8 Å². The number of carbonyl (C=O) groups is 1. The van der Waals surface area contributed by atoms with Crippen molar-refractivity contribution in [3.63, 3.8) is 0 Å². The Morgan fingerprint density at radius 2 is 1.80 bits per heavy atom. The lowest BCUT2D eigenvalue weighted by atomic mass is 10.1. The molecule has 5 rings (SSSR count). The summed E-state index contributed by atoms with van der Waals surface area (Å²) in [5.41, 5.74) is 2.52. The largest absolute Gasteiger partial charge is 0.343 e. The SMILES string of the molecule is C[C@@H]1CN(c2nc(Cc3ccccc3)ns2)CCN1C(=O)[C@@H]1C[C@H]1c1ccccc1. The first-order chi connectivity index (χ1) is 14.7. The van der Waals surface area contributed by atoms with Crippen LogP contribution in [0, 0.1) is 5.92 Å². The van der Waals surface area contributed by atoms with Crippen LogP contribution in [0.4, 0.5) is 5.13 Å². The summed E-state index contributed by atoms with van der Waals surface area (Å²) in [6.07, 6.45) is 1.74. The second kappa shape index (κ2) is 8.19. The van der Waals surface area contributed by atoms with Gasteiger partial charge in [-0.15, -0.1) is 0 Å². The van der Waals surface area contributed by atoms with Gasteiger partial charge in [-0.1, -0.05) is 60.7 Å². The average molecular weight is 419 g/mol. The Bertz CT molecular complexity index is 1010. The number of piperazine rings is 1. The maximum absolute atomic E-state index is 13.1. The molecule has 3 aromatic rings. The molecule has 1 aliphatic heterocycles. The van der Waals surface area contributed by atoms with Gasteiger partial charge in [0, 0.05) is 49.5 Å². The van der Waals surface area contributed by atoms with Crippen molar-refractivity contribution >= 4 is 22.6 Å².